The Balaban J connectivity index is 2.04. The standard InChI is InChI=1S/C8H12O3/c1-10-8-4-5-6(9)2-3-7(5)11-8/h5,7-8H,2-4H2,1H3. The number of fused-ring (bicyclic) bond motifs is 1. The lowest BCUT2D eigenvalue weighted by molar-refractivity contribution is -0.120. The van der Waals surface area contributed by atoms with Crippen molar-refractivity contribution in [2.45, 2.75) is 31.7 Å². The van der Waals surface area contributed by atoms with E-state index in [-0.39, 0.29) is 18.3 Å². The maximum atomic E-state index is 11.2. The van der Waals surface area contributed by atoms with Crippen molar-refractivity contribution >= 4 is 5.78 Å². The third-order valence-electron chi connectivity index (χ3n) is 2.57. The zero-order chi connectivity index (χ0) is 7.84. The summed E-state index contributed by atoms with van der Waals surface area (Å²) in [5.74, 6) is 0.495. The van der Waals surface area contributed by atoms with E-state index >= 15 is 0 Å². The van der Waals surface area contributed by atoms with Crippen LogP contribution < -0.4 is 0 Å². The first kappa shape index (κ1) is 7.25. The average Bonchev–Trinajstić information content (AvgIpc) is 2.53. The second-order valence-corrected chi connectivity index (χ2v) is 3.19. The van der Waals surface area contributed by atoms with E-state index in [2.05, 4.69) is 0 Å². The first-order valence-electron chi connectivity index (χ1n) is 4.02. The van der Waals surface area contributed by atoms with Gasteiger partial charge in [0.1, 0.15) is 5.78 Å². The Kier molecular flexibility index (Phi) is 1.69. The maximum absolute atomic E-state index is 11.2. The molecule has 1 aliphatic carbocycles. The van der Waals surface area contributed by atoms with Crippen LogP contribution in [0.5, 0.6) is 0 Å². The van der Waals surface area contributed by atoms with E-state index in [9.17, 15) is 4.79 Å². The topological polar surface area (TPSA) is 35.5 Å². The molecule has 1 saturated heterocycles. The Morgan fingerprint density at radius 2 is 2.45 bits per heavy atom. The Hall–Kier alpha value is -0.410. The predicted molar refractivity (Wildman–Crippen MR) is 38.0 cm³/mol. The van der Waals surface area contributed by atoms with Gasteiger partial charge < -0.3 is 9.47 Å². The highest BCUT2D eigenvalue weighted by Gasteiger charge is 2.43. The summed E-state index contributed by atoms with van der Waals surface area (Å²) >= 11 is 0. The first-order chi connectivity index (χ1) is 5.31. The summed E-state index contributed by atoms with van der Waals surface area (Å²) < 4.78 is 10.5. The molecule has 1 saturated carbocycles. The van der Waals surface area contributed by atoms with Crippen LogP contribution in [0.1, 0.15) is 19.3 Å². The van der Waals surface area contributed by atoms with Gasteiger partial charge in [0.2, 0.25) is 0 Å². The van der Waals surface area contributed by atoms with Crippen LogP contribution in [0.15, 0.2) is 0 Å². The molecule has 3 heteroatoms. The number of carbonyl (C=O) groups is 1. The van der Waals surface area contributed by atoms with Gasteiger partial charge in [0, 0.05) is 25.9 Å². The lowest BCUT2D eigenvalue weighted by Crippen LogP contribution is -2.12. The fourth-order valence-electron chi connectivity index (χ4n) is 1.93. The van der Waals surface area contributed by atoms with Crippen LogP contribution in [-0.2, 0) is 14.3 Å². The summed E-state index contributed by atoms with van der Waals surface area (Å²) in [5, 5.41) is 0. The highest BCUT2D eigenvalue weighted by molar-refractivity contribution is 5.84. The lowest BCUT2D eigenvalue weighted by atomic mass is 10.0. The molecule has 0 N–H and O–H groups in total. The van der Waals surface area contributed by atoms with Crippen molar-refractivity contribution < 1.29 is 14.3 Å². The largest absolute Gasteiger partial charge is 0.356 e. The van der Waals surface area contributed by atoms with Crippen LogP contribution in [-0.4, -0.2) is 25.3 Å². The van der Waals surface area contributed by atoms with Crippen LogP contribution >= 0.6 is 0 Å². The summed E-state index contributed by atoms with van der Waals surface area (Å²) in [7, 11) is 1.62. The molecule has 3 atom stereocenters. The summed E-state index contributed by atoms with van der Waals surface area (Å²) in [6, 6.07) is 0. The predicted octanol–water partition coefficient (Wildman–Crippen LogP) is 0.727. The molecule has 0 aromatic heterocycles. The number of ether oxygens (including phenoxy) is 2. The minimum Gasteiger partial charge on any atom is -0.356 e. The molecule has 2 fully saturated rings. The van der Waals surface area contributed by atoms with Crippen LogP contribution in [0.25, 0.3) is 0 Å². The molecule has 3 unspecified atom stereocenters. The summed E-state index contributed by atoms with van der Waals surface area (Å²) in [6.45, 7) is 0. The van der Waals surface area contributed by atoms with Crippen LogP contribution in [0.2, 0.25) is 0 Å². The molecule has 11 heavy (non-hydrogen) atoms. The number of hydrogen-bond donors (Lipinski definition) is 0. The van der Waals surface area contributed by atoms with Crippen LogP contribution in [0, 0.1) is 5.92 Å². The van der Waals surface area contributed by atoms with Gasteiger partial charge >= 0.3 is 0 Å². The molecular weight excluding hydrogens is 144 g/mol. The molecule has 0 spiro atoms. The second-order valence-electron chi connectivity index (χ2n) is 3.19. The van der Waals surface area contributed by atoms with E-state index in [1.54, 1.807) is 7.11 Å². The fraction of sp³-hybridized carbons (Fsp3) is 0.875. The molecule has 0 bridgehead atoms. The normalized spacial score (nSPS) is 43.0. The zero-order valence-electron chi connectivity index (χ0n) is 6.58. The Morgan fingerprint density at radius 3 is 3.09 bits per heavy atom. The van der Waals surface area contributed by atoms with E-state index in [4.69, 9.17) is 9.47 Å². The third kappa shape index (κ3) is 1.08. The van der Waals surface area contributed by atoms with E-state index < -0.39 is 0 Å². The van der Waals surface area contributed by atoms with Gasteiger partial charge in [-0.25, -0.2) is 0 Å². The SMILES string of the molecule is COC1CC2C(=O)CCC2O1. The van der Waals surface area contributed by atoms with Gasteiger partial charge in [0.15, 0.2) is 6.29 Å². The van der Waals surface area contributed by atoms with E-state index in [1.807, 2.05) is 0 Å². The second kappa shape index (κ2) is 2.57. The highest BCUT2D eigenvalue weighted by Crippen LogP contribution is 2.36. The molecule has 0 aromatic carbocycles. The van der Waals surface area contributed by atoms with Gasteiger partial charge in [-0.05, 0) is 6.42 Å². The minimum atomic E-state index is -0.130. The summed E-state index contributed by atoms with van der Waals surface area (Å²) in [5.41, 5.74) is 0. The van der Waals surface area contributed by atoms with Crippen LogP contribution in [0.3, 0.4) is 0 Å². The van der Waals surface area contributed by atoms with Gasteiger partial charge in [-0.3, -0.25) is 4.79 Å². The monoisotopic (exact) mass is 156 g/mol. The summed E-state index contributed by atoms with van der Waals surface area (Å²) in [6.07, 6.45) is 2.39. The van der Waals surface area contributed by atoms with E-state index in [0.717, 1.165) is 12.8 Å². The zero-order valence-corrected chi connectivity index (χ0v) is 6.58. The average molecular weight is 156 g/mol. The number of rotatable bonds is 1. The maximum Gasteiger partial charge on any atom is 0.158 e. The number of Topliss-reactive ketones (excluding diaryl/α,β-unsaturated/α-hetero) is 1. The van der Waals surface area contributed by atoms with Crippen LogP contribution in [0.4, 0.5) is 0 Å². The Bertz CT molecular complexity index is 178. The fourth-order valence-corrected chi connectivity index (χ4v) is 1.93. The highest BCUT2D eigenvalue weighted by atomic mass is 16.7. The summed E-state index contributed by atoms with van der Waals surface area (Å²) in [4.78, 5) is 11.2. The molecule has 3 nitrogen and oxygen atoms in total. The van der Waals surface area contributed by atoms with Crippen molar-refractivity contribution in [1.82, 2.24) is 0 Å². The number of hydrogen-bond acceptors (Lipinski definition) is 3. The molecule has 1 heterocycles. The quantitative estimate of drug-likeness (QED) is 0.561. The van der Waals surface area contributed by atoms with Crippen molar-refractivity contribution in [2.24, 2.45) is 5.92 Å². The molecule has 2 rings (SSSR count). The minimum absolute atomic E-state index is 0.130. The number of carbonyl (C=O) groups excluding carboxylic acids is 1. The Morgan fingerprint density at radius 1 is 1.64 bits per heavy atom. The third-order valence-corrected chi connectivity index (χ3v) is 2.57. The van der Waals surface area contributed by atoms with Crippen molar-refractivity contribution in [3.63, 3.8) is 0 Å². The van der Waals surface area contributed by atoms with Crippen molar-refractivity contribution in [1.29, 1.82) is 0 Å². The molecule has 1 aliphatic heterocycles. The van der Waals surface area contributed by atoms with Gasteiger partial charge in [-0.15, -0.1) is 0 Å². The van der Waals surface area contributed by atoms with Gasteiger partial charge in [0.25, 0.3) is 0 Å². The number of methoxy groups -OCH3 is 1. The molecular formula is C8H12O3. The number of ketones is 1. The lowest BCUT2D eigenvalue weighted by Gasteiger charge is -2.08. The van der Waals surface area contributed by atoms with E-state index in [1.165, 1.54) is 0 Å². The van der Waals surface area contributed by atoms with E-state index in [0.29, 0.717) is 12.2 Å². The van der Waals surface area contributed by atoms with Crippen molar-refractivity contribution in [3.8, 4) is 0 Å². The van der Waals surface area contributed by atoms with Crippen molar-refractivity contribution in [3.05, 3.63) is 0 Å². The van der Waals surface area contributed by atoms with Gasteiger partial charge in [0.05, 0.1) is 6.10 Å². The first-order valence-corrected chi connectivity index (χ1v) is 4.02. The molecule has 2 aliphatic rings. The van der Waals surface area contributed by atoms with Gasteiger partial charge in [-0.2, -0.15) is 0 Å². The van der Waals surface area contributed by atoms with Crippen molar-refractivity contribution in [2.75, 3.05) is 7.11 Å². The molecule has 0 aromatic rings. The smallest absolute Gasteiger partial charge is 0.158 e. The molecule has 0 amide bonds. The molecule has 0 radical (unpaired) electrons. The Labute approximate surface area is 65.7 Å². The van der Waals surface area contributed by atoms with Gasteiger partial charge in [-0.1, -0.05) is 0 Å². The molecule has 62 valence electrons.